The number of amides is 1. The van der Waals surface area contributed by atoms with E-state index in [0.29, 0.717) is 31.1 Å². The molecular weight excluding hydrogens is 242 g/mol. The van der Waals surface area contributed by atoms with E-state index in [1.54, 1.807) is 30.2 Å². The lowest BCUT2D eigenvalue weighted by molar-refractivity contribution is 0.0747. The minimum Gasteiger partial charge on any atom is -0.477 e. The summed E-state index contributed by atoms with van der Waals surface area (Å²) < 4.78 is 5.36. The smallest absolute Gasteiger partial charge is 0.259 e. The van der Waals surface area contributed by atoms with Gasteiger partial charge in [-0.1, -0.05) is 0 Å². The minimum atomic E-state index is -0.198. The highest BCUT2D eigenvalue weighted by Crippen LogP contribution is 2.17. The van der Waals surface area contributed by atoms with E-state index in [1.165, 1.54) is 0 Å². The van der Waals surface area contributed by atoms with Crippen LogP contribution < -0.4 is 4.74 Å². The Morgan fingerprint density at radius 2 is 2.32 bits per heavy atom. The number of hydrogen-bond acceptors (Lipinski definition) is 4. The van der Waals surface area contributed by atoms with Crippen LogP contribution >= 0.6 is 0 Å². The third kappa shape index (κ3) is 3.95. The molecule has 0 radical (unpaired) electrons. The maximum atomic E-state index is 12.4. The van der Waals surface area contributed by atoms with Crippen LogP contribution in [-0.2, 0) is 0 Å². The highest BCUT2D eigenvalue weighted by molar-refractivity contribution is 5.96. The van der Waals surface area contributed by atoms with Gasteiger partial charge in [0, 0.05) is 19.3 Å². The third-order valence-electron chi connectivity index (χ3n) is 2.67. The Morgan fingerprint density at radius 1 is 1.58 bits per heavy atom. The molecule has 0 aliphatic carbocycles. The van der Waals surface area contributed by atoms with Crippen molar-refractivity contribution in [1.82, 2.24) is 9.88 Å². The van der Waals surface area contributed by atoms with Gasteiger partial charge < -0.3 is 9.64 Å². The normalized spacial score (nSPS) is 11.5. The molecular formula is C14H19N3O2. The van der Waals surface area contributed by atoms with Crippen molar-refractivity contribution in [3.8, 4) is 11.9 Å². The van der Waals surface area contributed by atoms with Crippen LogP contribution in [0.4, 0.5) is 0 Å². The van der Waals surface area contributed by atoms with Gasteiger partial charge in [0.1, 0.15) is 5.56 Å². The maximum Gasteiger partial charge on any atom is 0.259 e. The number of hydrogen-bond donors (Lipinski definition) is 0. The molecule has 5 heteroatoms. The monoisotopic (exact) mass is 261 g/mol. The summed E-state index contributed by atoms with van der Waals surface area (Å²) in [7, 11) is 0. The fourth-order valence-electron chi connectivity index (χ4n) is 1.70. The van der Waals surface area contributed by atoms with E-state index in [2.05, 4.69) is 11.1 Å². The van der Waals surface area contributed by atoms with E-state index in [-0.39, 0.29) is 11.8 Å². The quantitative estimate of drug-likeness (QED) is 0.786. The lowest BCUT2D eigenvalue weighted by Gasteiger charge is -2.22. The molecule has 102 valence electrons. The van der Waals surface area contributed by atoms with Gasteiger partial charge in [-0.25, -0.2) is 4.98 Å². The van der Waals surface area contributed by atoms with Crippen LogP contribution in [0.5, 0.6) is 5.88 Å². The Kier molecular flexibility index (Phi) is 5.80. The zero-order chi connectivity index (χ0) is 14.3. The molecule has 0 aromatic carbocycles. The number of pyridine rings is 1. The summed E-state index contributed by atoms with van der Waals surface area (Å²) in [5, 5.41) is 8.85. The predicted octanol–water partition coefficient (Wildman–Crippen LogP) is 2.10. The van der Waals surface area contributed by atoms with E-state index in [0.717, 1.165) is 0 Å². The van der Waals surface area contributed by atoms with Gasteiger partial charge in [-0.05, 0) is 32.9 Å². The van der Waals surface area contributed by atoms with Crippen LogP contribution in [0, 0.1) is 17.2 Å². The average Bonchev–Trinajstić information content (AvgIpc) is 2.44. The Labute approximate surface area is 113 Å². The fourth-order valence-corrected chi connectivity index (χ4v) is 1.70. The molecule has 0 unspecified atom stereocenters. The molecule has 1 aromatic rings. The van der Waals surface area contributed by atoms with Gasteiger partial charge in [0.05, 0.1) is 18.6 Å². The van der Waals surface area contributed by atoms with Crippen LogP contribution in [-0.4, -0.2) is 35.5 Å². The molecule has 1 rings (SSSR count). The lowest BCUT2D eigenvalue weighted by Crippen LogP contribution is -2.34. The van der Waals surface area contributed by atoms with Crippen LogP contribution in [0.3, 0.4) is 0 Å². The number of rotatable bonds is 6. The molecule has 0 fully saturated rings. The summed E-state index contributed by atoms with van der Waals surface area (Å²) in [5.74, 6) is -0.00433. The number of carbonyl (C=O) groups is 1. The highest BCUT2D eigenvalue weighted by Gasteiger charge is 2.20. The molecule has 1 heterocycles. The molecule has 0 bridgehead atoms. The van der Waals surface area contributed by atoms with Crippen LogP contribution in [0.25, 0.3) is 0 Å². The third-order valence-corrected chi connectivity index (χ3v) is 2.67. The molecule has 0 spiro atoms. The van der Waals surface area contributed by atoms with Crippen molar-refractivity contribution in [1.29, 1.82) is 5.26 Å². The molecule has 1 atom stereocenters. The van der Waals surface area contributed by atoms with Gasteiger partial charge >= 0.3 is 0 Å². The molecule has 0 saturated carbocycles. The van der Waals surface area contributed by atoms with Crippen LogP contribution in [0.1, 0.15) is 31.1 Å². The summed E-state index contributed by atoms with van der Waals surface area (Å²) >= 11 is 0. The Balaban J connectivity index is 2.94. The van der Waals surface area contributed by atoms with Crippen molar-refractivity contribution in [2.75, 3.05) is 19.7 Å². The molecule has 0 N–H and O–H groups in total. The first-order valence-corrected chi connectivity index (χ1v) is 6.40. The number of nitrogens with zero attached hydrogens (tertiary/aromatic N) is 3. The largest absolute Gasteiger partial charge is 0.477 e. The summed E-state index contributed by atoms with van der Waals surface area (Å²) in [6.07, 6.45) is 1.59. The second-order valence-corrected chi connectivity index (χ2v) is 4.16. The van der Waals surface area contributed by atoms with Gasteiger partial charge in [-0.2, -0.15) is 5.26 Å². The zero-order valence-corrected chi connectivity index (χ0v) is 11.6. The van der Waals surface area contributed by atoms with Crippen molar-refractivity contribution in [2.24, 2.45) is 5.92 Å². The summed E-state index contributed by atoms with van der Waals surface area (Å²) in [6.45, 7) is 6.94. The molecule has 0 saturated heterocycles. The first-order chi connectivity index (χ1) is 9.13. The molecule has 1 aromatic heterocycles. The topological polar surface area (TPSA) is 66.2 Å². The van der Waals surface area contributed by atoms with Crippen molar-refractivity contribution in [2.45, 2.75) is 20.8 Å². The van der Waals surface area contributed by atoms with Gasteiger partial charge in [0.25, 0.3) is 5.91 Å². The molecule has 1 amide bonds. The zero-order valence-electron chi connectivity index (χ0n) is 11.6. The summed E-state index contributed by atoms with van der Waals surface area (Å²) in [5.41, 5.74) is 0.441. The predicted molar refractivity (Wildman–Crippen MR) is 71.8 cm³/mol. The lowest BCUT2D eigenvalue weighted by atomic mass is 10.1. The van der Waals surface area contributed by atoms with Gasteiger partial charge in [0.15, 0.2) is 0 Å². The summed E-state index contributed by atoms with van der Waals surface area (Å²) in [4.78, 5) is 18.1. The Hall–Kier alpha value is -2.09. The molecule has 0 aliphatic heterocycles. The molecule has 19 heavy (non-hydrogen) atoms. The van der Waals surface area contributed by atoms with Crippen molar-refractivity contribution in [3.05, 3.63) is 23.9 Å². The first kappa shape index (κ1) is 15.0. The number of nitriles is 1. The van der Waals surface area contributed by atoms with Gasteiger partial charge in [-0.3, -0.25) is 4.79 Å². The van der Waals surface area contributed by atoms with Crippen molar-refractivity contribution < 1.29 is 9.53 Å². The summed E-state index contributed by atoms with van der Waals surface area (Å²) in [6, 6.07) is 5.54. The van der Waals surface area contributed by atoms with E-state index < -0.39 is 0 Å². The van der Waals surface area contributed by atoms with E-state index in [1.807, 2.05) is 13.8 Å². The Bertz CT molecular complexity index is 468. The SMILES string of the molecule is CCOc1ncccc1C(=O)N(CC)C[C@@H](C)C#N. The van der Waals surface area contributed by atoms with E-state index >= 15 is 0 Å². The van der Waals surface area contributed by atoms with E-state index in [9.17, 15) is 4.79 Å². The number of ether oxygens (including phenoxy) is 1. The maximum absolute atomic E-state index is 12.4. The molecule has 0 aliphatic rings. The average molecular weight is 261 g/mol. The minimum absolute atomic E-state index is 0.152. The second-order valence-electron chi connectivity index (χ2n) is 4.16. The van der Waals surface area contributed by atoms with Crippen LogP contribution in [0.15, 0.2) is 18.3 Å². The fraction of sp³-hybridized carbons (Fsp3) is 0.500. The number of aromatic nitrogens is 1. The van der Waals surface area contributed by atoms with Crippen LogP contribution in [0.2, 0.25) is 0 Å². The highest BCUT2D eigenvalue weighted by atomic mass is 16.5. The Morgan fingerprint density at radius 3 is 2.89 bits per heavy atom. The van der Waals surface area contributed by atoms with Gasteiger partial charge in [-0.15, -0.1) is 0 Å². The standard InChI is InChI=1S/C14H19N3O2/c1-4-17(10-11(3)9-15)14(18)12-7-6-8-16-13(12)19-5-2/h6-8,11H,4-5,10H2,1-3H3/t11-/m0/s1. The van der Waals surface area contributed by atoms with Crippen molar-refractivity contribution in [3.63, 3.8) is 0 Å². The van der Waals surface area contributed by atoms with E-state index in [4.69, 9.17) is 10.00 Å². The number of carbonyl (C=O) groups excluding carboxylic acids is 1. The molecule has 5 nitrogen and oxygen atoms in total. The van der Waals surface area contributed by atoms with Gasteiger partial charge in [0.2, 0.25) is 5.88 Å². The second kappa shape index (κ2) is 7.37. The van der Waals surface area contributed by atoms with Crippen molar-refractivity contribution >= 4 is 5.91 Å². The first-order valence-electron chi connectivity index (χ1n) is 6.40.